The quantitative estimate of drug-likeness (QED) is 0.0861. The maximum absolute atomic E-state index is 12.6. The highest BCUT2D eigenvalue weighted by atomic mass is 16.6. The van der Waals surface area contributed by atoms with Gasteiger partial charge < -0.3 is 19.5 Å². The van der Waals surface area contributed by atoms with E-state index in [9.17, 15) is 14.7 Å². The van der Waals surface area contributed by atoms with E-state index in [1.165, 1.54) is 96.3 Å². The average molecular weight is 554 g/mol. The zero-order chi connectivity index (χ0) is 28.4. The second kappa shape index (κ2) is 25.8. The maximum Gasteiger partial charge on any atom is 0.308 e. The molecule has 1 rings (SSSR count). The van der Waals surface area contributed by atoms with Crippen molar-refractivity contribution in [1.29, 1.82) is 0 Å². The van der Waals surface area contributed by atoms with Crippen LogP contribution in [-0.2, 0) is 19.1 Å². The molecule has 1 fully saturated rings. The number of ether oxygens (including phenoxy) is 2. The Morgan fingerprint density at radius 1 is 0.692 bits per heavy atom. The van der Waals surface area contributed by atoms with E-state index in [1.54, 1.807) is 0 Å². The van der Waals surface area contributed by atoms with Gasteiger partial charge in [0.1, 0.15) is 12.7 Å². The highest BCUT2D eigenvalue weighted by Gasteiger charge is 2.20. The van der Waals surface area contributed by atoms with Crippen LogP contribution in [0.4, 0.5) is 0 Å². The molecule has 0 bridgehead atoms. The summed E-state index contributed by atoms with van der Waals surface area (Å²) >= 11 is 0. The second-order valence-electron chi connectivity index (χ2n) is 11.8. The molecule has 1 N–H and O–H groups in total. The van der Waals surface area contributed by atoms with Crippen LogP contribution in [0.25, 0.3) is 0 Å². The van der Waals surface area contributed by atoms with Gasteiger partial charge in [-0.2, -0.15) is 0 Å². The molecule has 6 nitrogen and oxygen atoms in total. The van der Waals surface area contributed by atoms with Crippen LogP contribution in [0.3, 0.4) is 0 Å². The van der Waals surface area contributed by atoms with Crippen LogP contribution in [0, 0.1) is 0 Å². The number of rotatable bonds is 26. The third-order valence-corrected chi connectivity index (χ3v) is 7.98. The van der Waals surface area contributed by atoms with Crippen molar-refractivity contribution in [2.75, 3.05) is 26.2 Å². The monoisotopic (exact) mass is 553 g/mol. The standard InChI is InChI=1S/C33H63NO5/c1-3-5-7-9-11-12-13-14-16-19-23-31(39-32(36)24-27-34-25-20-17-21-26-34)29-38-33(37)28-30(35)22-18-15-10-8-6-4-2/h30-31,35H,3-29H2,1-2H3. The first-order valence-corrected chi connectivity index (χ1v) is 16.8. The Bertz CT molecular complexity index is 578. The van der Waals surface area contributed by atoms with Crippen molar-refractivity contribution in [2.24, 2.45) is 0 Å². The van der Waals surface area contributed by atoms with Gasteiger partial charge in [0.2, 0.25) is 0 Å². The fraction of sp³-hybridized carbons (Fsp3) is 0.939. The van der Waals surface area contributed by atoms with Gasteiger partial charge in [0.15, 0.2) is 0 Å². The van der Waals surface area contributed by atoms with Crippen molar-refractivity contribution in [1.82, 2.24) is 4.90 Å². The summed E-state index contributed by atoms with van der Waals surface area (Å²) in [6, 6.07) is 0. The largest absolute Gasteiger partial charge is 0.462 e. The first-order valence-electron chi connectivity index (χ1n) is 16.8. The van der Waals surface area contributed by atoms with E-state index in [4.69, 9.17) is 9.47 Å². The van der Waals surface area contributed by atoms with E-state index in [0.29, 0.717) is 12.8 Å². The van der Waals surface area contributed by atoms with Gasteiger partial charge in [0, 0.05) is 6.54 Å². The molecule has 0 aromatic rings. The number of esters is 2. The van der Waals surface area contributed by atoms with Crippen molar-refractivity contribution < 1.29 is 24.2 Å². The van der Waals surface area contributed by atoms with Crippen LogP contribution in [0.15, 0.2) is 0 Å². The van der Waals surface area contributed by atoms with Gasteiger partial charge in [-0.3, -0.25) is 9.59 Å². The molecule has 0 aromatic heterocycles. The van der Waals surface area contributed by atoms with Gasteiger partial charge in [-0.05, 0) is 45.2 Å². The molecule has 0 aromatic carbocycles. The van der Waals surface area contributed by atoms with E-state index >= 15 is 0 Å². The molecule has 230 valence electrons. The molecular formula is C33H63NO5. The molecule has 2 unspecified atom stereocenters. The number of piperidine rings is 1. The number of carbonyl (C=O) groups excluding carboxylic acids is 2. The van der Waals surface area contributed by atoms with Crippen LogP contribution in [-0.4, -0.2) is 60.4 Å². The number of aliphatic hydroxyl groups excluding tert-OH is 1. The van der Waals surface area contributed by atoms with E-state index in [2.05, 4.69) is 18.7 Å². The number of hydrogen-bond donors (Lipinski definition) is 1. The molecule has 0 saturated carbocycles. The van der Waals surface area contributed by atoms with Crippen molar-refractivity contribution >= 4 is 11.9 Å². The van der Waals surface area contributed by atoms with Crippen LogP contribution >= 0.6 is 0 Å². The number of likely N-dealkylation sites (tertiary alicyclic amines) is 1. The zero-order valence-electron chi connectivity index (χ0n) is 25.8. The molecule has 6 heteroatoms. The van der Waals surface area contributed by atoms with Gasteiger partial charge in [0.25, 0.3) is 0 Å². The average Bonchev–Trinajstić information content (AvgIpc) is 2.94. The lowest BCUT2D eigenvalue weighted by molar-refractivity contribution is -0.160. The molecule has 0 spiro atoms. The number of unbranched alkanes of at least 4 members (excludes halogenated alkanes) is 14. The molecule has 0 aliphatic carbocycles. The minimum Gasteiger partial charge on any atom is -0.462 e. The van der Waals surface area contributed by atoms with Crippen molar-refractivity contribution in [3.63, 3.8) is 0 Å². The van der Waals surface area contributed by atoms with E-state index in [-0.39, 0.29) is 19.0 Å². The highest BCUT2D eigenvalue weighted by molar-refractivity contribution is 5.70. The summed E-state index contributed by atoms with van der Waals surface area (Å²) in [6.07, 6.45) is 23.9. The fourth-order valence-electron chi connectivity index (χ4n) is 5.41. The molecule has 39 heavy (non-hydrogen) atoms. The SMILES string of the molecule is CCCCCCCCCCCCC(COC(=O)CC(O)CCCCCCCC)OC(=O)CCN1CCCCC1. The number of hydrogen-bond acceptors (Lipinski definition) is 6. The van der Waals surface area contributed by atoms with Crippen molar-refractivity contribution in [2.45, 2.75) is 174 Å². The van der Waals surface area contributed by atoms with Gasteiger partial charge >= 0.3 is 11.9 Å². The molecule has 1 aliphatic heterocycles. The maximum atomic E-state index is 12.6. The minimum atomic E-state index is -0.656. The first-order chi connectivity index (χ1) is 19.0. The van der Waals surface area contributed by atoms with E-state index < -0.39 is 18.2 Å². The Labute approximate surface area is 241 Å². The Hall–Kier alpha value is -1.14. The Kier molecular flexibility index (Phi) is 23.7. The first kappa shape index (κ1) is 35.9. The summed E-state index contributed by atoms with van der Waals surface area (Å²) in [5.74, 6) is -0.595. The highest BCUT2D eigenvalue weighted by Crippen LogP contribution is 2.16. The van der Waals surface area contributed by atoms with E-state index in [0.717, 1.165) is 51.7 Å². The van der Waals surface area contributed by atoms with Gasteiger partial charge in [-0.1, -0.05) is 117 Å². The third kappa shape index (κ3) is 22.3. The predicted molar refractivity (Wildman–Crippen MR) is 161 cm³/mol. The normalized spacial score (nSPS) is 15.7. The topological polar surface area (TPSA) is 76.1 Å². The summed E-state index contributed by atoms with van der Waals surface area (Å²) < 4.78 is 11.3. The smallest absolute Gasteiger partial charge is 0.308 e. The van der Waals surface area contributed by atoms with Crippen LogP contribution < -0.4 is 0 Å². The molecule has 2 atom stereocenters. The number of aliphatic hydroxyl groups is 1. The Morgan fingerprint density at radius 2 is 1.21 bits per heavy atom. The van der Waals surface area contributed by atoms with E-state index in [1.807, 2.05) is 0 Å². The Balaban J connectivity index is 2.32. The van der Waals surface area contributed by atoms with Crippen LogP contribution in [0.1, 0.15) is 162 Å². The molecule has 0 amide bonds. The second-order valence-corrected chi connectivity index (χ2v) is 11.8. The fourth-order valence-corrected chi connectivity index (χ4v) is 5.41. The summed E-state index contributed by atoms with van der Waals surface area (Å²) in [5.41, 5.74) is 0. The molecular weight excluding hydrogens is 490 g/mol. The Morgan fingerprint density at radius 3 is 1.77 bits per heavy atom. The summed E-state index contributed by atoms with van der Waals surface area (Å²) in [5, 5.41) is 10.2. The minimum absolute atomic E-state index is 0.0167. The molecule has 0 radical (unpaired) electrons. The lowest BCUT2D eigenvalue weighted by atomic mass is 10.0. The summed E-state index contributed by atoms with van der Waals surface area (Å²) in [6.45, 7) is 7.42. The van der Waals surface area contributed by atoms with Gasteiger partial charge in [-0.25, -0.2) is 0 Å². The summed E-state index contributed by atoms with van der Waals surface area (Å²) in [7, 11) is 0. The number of carbonyl (C=O) groups is 2. The van der Waals surface area contributed by atoms with Crippen molar-refractivity contribution in [3.8, 4) is 0 Å². The van der Waals surface area contributed by atoms with Crippen LogP contribution in [0.5, 0.6) is 0 Å². The molecule has 1 heterocycles. The van der Waals surface area contributed by atoms with Gasteiger partial charge in [0.05, 0.1) is 18.9 Å². The third-order valence-electron chi connectivity index (χ3n) is 7.98. The molecule has 1 saturated heterocycles. The lowest BCUT2D eigenvalue weighted by Gasteiger charge is -2.26. The van der Waals surface area contributed by atoms with Crippen molar-refractivity contribution in [3.05, 3.63) is 0 Å². The predicted octanol–water partition coefficient (Wildman–Crippen LogP) is 8.13. The summed E-state index contributed by atoms with van der Waals surface area (Å²) in [4.78, 5) is 27.3. The van der Waals surface area contributed by atoms with Gasteiger partial charge in [-0.15, -0.1) is 0 Å². The lowest BCUT2D eigenvalue weighted by Crippen LogP contribution is -2.33. The van der Waals surface area contributed by atoms with Crippen LogP contribution in [0.2, 0.25) is 0 Å². The number of nitrogens with zero attached hydrogens (tertiary/aromatic N) is 1. The zero-order valence-corrected chi connectivity index (χ0v) is 25.8. The molecule has 1 aliphatic rings.